The first-order valence-corrected chi connectivity index (χ1v) is 21.7. The van der Waals surface area contributed by atoms with E-state index in [0.717, 1.165) is 17.1 Å². The van der Waals surface area contributed by atoms with Crippen molar-refractivity contribution < 1.29 is 0 Å². The lowest BCUT2D eigenvalue weighted by molar-refractivity contribution is 0.714. The molecule has 0 aliphatic heterocycles. The molecular weight excluding hydrogens is 743 g/mol. The first-order chi connectivity index (χ1) is 29.5. The van der Waals surface area contributed by atoms with Gasteiger partial charge in [-0.1, -0.05) is 164 Å². The van der Waals surface area contributed by atoms with Crippen molar-refractivity contribution in [3.05, 3.63) is 246 Å². The molecule has 12 rings (SSSR count). The van der Waals surface area contributed by atoms with Crippen LogP contribution in [-0.4, -0.2) is 0 Å². The second kappa shape index (κ2) is 13.3. The molecule has 0 spiro atoms. The van der Waals surface area contributed by atoms with Gasteiger partial charge in [0.2, 0.25) is 0 Å². The van der Waals surface area contributed by atoms with E-state index in [-0.39, 0.29) is 10.8 Å². The summed E-state index contributed by atoms with van der Waals surface area (Å²) in [4.78, 5) is 2.46. The van der Waals surface area contributed by atoms with Gasteiger partial charge < -0.3 is 4.90 Å². The molecule has 1 nitrogen and oxygen atoms in total. The molecule has 0 saturated heterocycles. The van der Waals surface area contributed by atoms with Gasteiger partial charge in [0.05, 0.1) is 0 Å². The third-order valence-electron chi connectivity index (χ3n) is 13.7. The summed E-state index contributed by atoms with van der Waals surface area (Å²) in [6.07, 6.45) is 0. The number of nitrogens with zero attached hydrogens (tertiary/aromatic N) is 1. The average molecular weight is 784 g/mol. The van der Waals surface area contributed by atoms with E-state index in [1.165, 1.54) is 86.9 Å². The van der Waals surface area contributed by atoms with Crippen LogP contribution in [0.4, 0.5) is 17.1 Å². The topological polar surface area (TPSA) is 3.24 Å². The third kappa shape index (κ3) is 5.04. The fourth-order valence-electron chi connectivity index (χ4n) is 10.6. The van der Waals surface area contributed by atoms with Crippen LogP contribution in [0, 0.1) is 0 Å². The van der Waals surface area contributed by atoms with Crippen molar-refractivity contribution in [1.29, 1.82) is 0 Å². The second-order valence-electron chi connectivity index (χ2n) is 16.7. The SMILES string of the molecule is CC1(c2ccccc2)c2ccccc2-c2cc(N(c3ccc(-c4ccc5c(c4)sc4ccccc45)cc3)c3ccc4c(c3)-c3ccccc3C4(C)c3ccccc3)ccc21. The minimum atomic E-state index is -0.257. The van der Waals surface area contributed by atoms with E-state index in [2.05, 4.69) is 231 Å². The summed E-state index contributed by atoms with van der Waals surface area (Å²) >= 11 is 1.87. The predicted octanol–water partition coefficient (Wildman–Crippen LogP) is 15.9. The maximum absolute atomic E-state index is 2.46. The normalized spacial score (nSPS) is 17.3. The molecule has 60 heavy (non-hydrogen) atoms. The van der Waals surface area contributed by atoms with Gasteiger partial charge in [-0.15, -0.1) is 11.3 Å². The summed E-state index contributed by atoms with van der Waals surface area (Å²) in [5.74, 6) is 0. The molecule has 0 radical (unpaired) electrons. The van der Waals surface area contributed by atoms with Gasteiger partial charge in [0.15, 0.2) is 0 Å². The maximum Gasteiger partial charge on any atom is 0.0468 e. The molecule has 0 saturated carbocycles. The van der Waals surface area contributed by atoms with Gasteiger partial charge in [0, 0.05) is 48.1 Å². The predicted molar refractivity (Wildman–Crippen MR) is 254 cm³/mol. The van der Waals surface area contributed by atoms with Crippen LogP contribution in [0.3, 0.4) is 0 Å². The van der Waals surface area contributed by atoms with Crippen molar-refractivity contribution in [2.24, 2.45) is 0 Å². The lowest BCUT2D eigenvalue weighted by atomic mass is 9.74. The molecule has 2 unspecified atom stereocenters. The van der Waals surface area contributed by atoms with Crippen molar-refractivity contribution >= 4 is 48.6 Å². The minimum absolute atomic E-state index is 0.257. The summed E-state index contributed by atoms with van der Waals surface area (Å²) in [6.45, 7) is 4.78. The number of rotatable bonds is 6. The summed E-state index contributed by atoms with van der Waals surface area (Å²) < 4.78 is 2.65. The van der Waals surface area contributed by atoms with E-state index in [1.807, 2.05) is 11.3 Å². The molecule has 0 fully saturated rings. The standard InChI is InChI=1S/C58H41NS/c1-57(40-15-5-3-6-16-40)51-22-12-9-19-45(51)49-36-43(30-33-53(49)57)59(42-28-25-38(26-29-42)39-27-32-48-47-21-11-14-24-55(47)60-56(48)35-39)44-31-34-54-50(37-44)46-20-10-13-23-52(46)58(54,2)41-17-7-4-8-18-41/h3-37H,1-2H3. The van der Waals surface area contributed by atoms with Gasteiger partial charge in [0.1, 0.15) is 0 Å². The molecule has 284 valence electrons. The molecule has 9 aromatic carbocycles. The van der Waals surface area contributed by atoms with Crippen LogP contribution in [0.5, 0.6) is 0 Å². The lowest BCUT2D eigenvalue weighted by Crippen LogP contribution is -2.22. The van der Waals surface area contributed by atoms with E-state index in [1.54, 1.807) is 0 Å². The zero-order valence-electron chi connectivity index (χ0n) is 33.6. The van der Waals surface area contributed by atoms with Crippen LogP contribution in [0.25, 0.3) is 53.6 Å². The average Bonchev–Trinajstić information content (AvgIpc) is 3.91. The van der Waals surface area contributed by atoms with Crippen LogP contribution in [0.2, 0.25) is 0 Å². The number of anilines is 3. The fraction of sp³-hybridized carbons (Fsp3) is 0.0690. The summed E-state index contributed by atoms with van der Waals surface area (Å²) in [5.41, 5.74) is 18.5. The zero-order chi connectivity index (χ0) is 40.0. The highest BCUT2D eigenvalue weighted by Gasteiger charge is 2.42. The molecule has 0 bridgehead atoms. The monoisotopic (exact) mass is 783 g/mol. The molecule has 2 heteroatoms. The van der Waals surface area contributed by atoms with Crippen molar-refractivity contribution in [2.75, 3.05) is 4.90 Å². The highest BCUT2D eigenvalue weighted by Crippen LogP contribution is 2.56. The molecule has 0 amide bonds. The summed E-state index contributed by atoms with van der Waals surface area (Å²) in [7, 11) is 0. The molecule has 10 aromatic rings. The van der Waals surface area contributed by atoms with E-state index in [4.69, 9.17) is 0 Å². The Hall–Kier alpha value is -7.00. The first-order valence-electron chi connectivity index (χ1n) is 20.9. The zero-order valence-corrected chi connectivity index (χ0v) is 34.4. The number of thiophene rings is 1. The summed E-state index contributed by atoms with van der Waals surface area (Å²) in [5, 5.41) is 2.65. The second-order valence-corrected chi connectivity index (χ2v) is 17.8. The largest absolute Gasteiger partial charge is 0.310 e. The van der Waals surface area contributed by atoms with E-state index in [9.17, 15) is 0 Å². The Morgan fingerprint density at radius 2 is 0.783 bits per heavy atom. The third-order valence-corrected chi connectivity index (χ3v) is 14.8. The van der Waals surface area contributed by atoms with Crippen molar-refractivity contribution in [1.82, 2.24) is 0 Å². The number of hydrogen-bond donors (Lipinski definition) is 0. The molecule has 2 aliphatic carbocycles. The number of fused-ring (bicyclic) bond motifs is 9. The lowest BCUT2D eigenvalue weighted by Gasteiger charge is -2.30. The van der Waals surface area contributed by atoms with Crippen LogP contribution < -0.4 is 4.90 Å². The van der Waals surface area contributed by atoms with Crippen molar-refractivity contribution in [3.8, 4) is 33.4 Å². The van der Waals surface area contributed by atoms with Gasteiger partial charge in [-0.05, 0) is 129 Å². The quantitative estimate of drug-likeness (QED) is 0.162. The van der Waals surface area contributed by atoms with Gasteiger partial charge >= 0.3 is 0 Å². The van der Waals surface area contributed by atoms with Crippen LogP contribution in [0.1, 0.15) is 47.2 Å². The Morgan fingerprint density at radius 3 is 1.37 bits per heavy atom. The van der Waals surface area contributed by atoms with Gasteiger partial charge in [0.25, 0.3) is 0 Å². The smallest absolute Gasteiger partial charge is 0.0468 e. The van der Waals surface area contributed by atoms with Crippen LogP contribution >= 0.6 is 11.3 Å². The highest BCUT2D eigenvalue weighted by molar-refractivity contribution is 7.25. The van der Waals surface area contributed by atoms with Gasteiger partial charge in [-0.2, -0.15) is 0 Å². The van der Waals surface area contributed by atoms with Crippen molar-refractivity contribution in [3.63, 3.8) is 0 Å². The first kappa shape index (κ1) is 35.0. The Morgan fingerprint density at radius 1 is 0.333 bits per heavy atom. The van der Waals surface area contributed by atoms with Crippen LogP contribution in [0.15, 0.2) is 212 Å². The van der Waals surface area contributed by atoms with Gasteiger partial charge in [-0.3, -0.25) is 0 Å². The van der Waals surface area contributed by atoms with E-state index >= 15 is 0 Å². The highest BCUT2D eigenvalue weighted by atomic mass is 32.1. The molecule has 1 heterocycles. The molecule has 2 atom stereocenters. The Balaban J connectivity index is 1.03. The Kier molecular flexibility index (Phi) is 7.73. The number of benzene rings is 9. The minimum Gasteiger partial charge on any atom is -0.310 e. The fourth-order valence-corrected chi connectivity index (χ4v) is 11.7. The number of hydrogen-bond acceptors (Lipinski definition) is 2. The maximum atomic E-state index is 2.46. The molecule has 1 aromatic heterocycles. The Labute approximate surface area is 355 Å². The van der Waals surface area contributed by atoms with Crippen LogP contribution in [-0.2, 0) is 10.8 Å². The Bertz CT molecular complexity index is 3140. The van der Waals surface area contributed by atoms with Crippen molar-refractivity contribution in [2.45, 2.75) is 24.7 Å². The molecule has 0 N–H and O–H groups in total. The van der Waals surface area contributed by atoms with E-state index in [0.29, 0.717) is 0 Å². The van der Waals surface area contributed by atoms with Gasteiger partial charge in [-0.25, -0.2) is 0 Å². The summed E-state index contributed by atoms with van der Waals surface area (Å²) in [6, 6.07) is 79.1. The van der Waals surface area contributed by atoms with E-state index < -0.39 is 0 Å². The molecule has 2 aliphatic rings. The molecular formula is C58H41NS.